The summed E-state index contributed by atoms with van der Waals surface area (Å²) in [6.45, 7) is 0.791. The van der Waals surface area contributed by atoms with Gasteiger partial charge in [-0.2, -0.15) is 0 Å². The average Bonchev–Trinajstić information content (AvgIpc) is 2.41. The summed E-state index contributed by atoms with van der Waals surface area (Å²) >= 11 is 5.72. The Morgan fingerprint density at radius 1 is 1.45 bits per heavy atom. The lowest BCUT2D eigenvalue weighted by Gasteiger charge is -2.31. The first-order chi connectivity index (χ1) is 9.42. The van der Waals surface area contributed by atoms with Gasteiger partial charge >= 0.3 is 0 Å². The van der Waals surface area contributed by atoms with Crippen LogP contribution >= 0.6 is 11.6 Å². The molecule has 20 heavy (non-hydrogen) atoms. The Hall–Kier alpha value is -1.70. The van der Waals surface area contributed by atoms with Crippen molar-refractivity contribution in [3.05, 3.63) is 33.3 Å². The van der Waals surface area contributed by atoms with Crippen LogP contribution in [0.4, 0.5) is 11.4 Å². The van der Waals surface area contributed by atoms with Crippen LogP contribution in [-0.2, 0) is 9.53 Å². The zero-order valence-electron chi connectivity index (χ0n) is 10.6. The lowest BCUT2D eigenvalue weighted by atomic mass is 9.90. The van der Waals surface area contributed by atoms with E-state index in [9.17, 15) is 14.9 Å². The number of hydrogen-bond acceptors (Lipinski definition) is 5. The summed E-state index contributed by atoms with van der Waals surface area (Å²) in [7, 11) is 0. The quantitative estimate of drug-likeness (QED) is 0.652. The zero-order valence-corrected chi connectivity index (χ0v) is 11.4. The minimum atomic E-state index is -1.06. The Bertz CT molecular complexity index is 544. The normalized spacial score (nSPS) is 17.5. The molecule has 0 aromatic heterocycles. The van der Waals surface area contributed by atoms with Crippen molar-refractivity contribution in [3.8, 4) is 0 Å². The van der Waals surface area contributed by atoms with Gasteiger partial charge < -0.3 is 15.8 Å². The van der Waals surface area contributed by atoms with E-state index in [0.717, 1.165) is 0 Å². The maximum absolute atomic E-state index is 12.2. The first-order valence-corrected chi connectivity index (χ1v) is 6.42. The number of nitrogens with zero attached hydrogens (tertiary/aromatic N) is 1. The van der Waals surface area contributed by atoms with Crippen molar-refractivity contribution in [2.75, 3.05) is 18.5 Å². The fraction of sp³-hybridized carbons (Fsp3) is 0.417. The molecule has 7 nitrogen and oxygen atoms in total. The van der Waals surface area contributed by atoms with Crippen molar-refractivity contribution < 1.29 is 14.5 Å². The molecule has 1 aliphatic rings. The minimum absolute atomic E-state index is 0.0840. The molecule has 0 unspecified atom stereocenters. The van der Waals surface area contributed by atoms with E-state index in [4.69, 9.17) is 22.1 Å². The van der Waals surface area contributed by atoms with Gasteiger partial charge in [0.15, 0.2) is 0 Å². The molecule has 0 aliphatic carbocycles. The molecular formula is C12H14ClN3O4. The summed E-state index contributed by atoms with van der Waals surface area (Å²) in [5.74, 6) is -0.453. The van der Waals surface area contributed by atoms with Crippen LogP contribution in [0, 0.1) is 10.1 Å². The SMILES string of the molecule is NC1(C(=O)Nc2ccc(Cl)cc2[N+](=O)[O-])CCOCC1. The lowest BCUT2D eigenvalue weighted by Crippen LogP contribution is -2.54. The molecule has 1 saturated heterocycles. The summed E-state index contributed by atoms with van der Waals surface area (Å²) in [5.41, 5.74) is 4.78. The van der Waals surface area contributed by atoms with Gasteiger partial charge in [-0.25, -0.2) is 0 Å². The average molecular weight is 300 g/mol. The number of amides is 1. The number of rotatable bonds is 3. The molecule has 0 saturated carbocycles. The highest BCUT2D eigenvalue weighted by Gasteiger charge is 2.36. The molecule has 1 aromatic rings. The van der Waals surface area contributed by atoms with Gasteiger partial charge in [0.05, 0.1) is 4.92 Å². The predicted molar refractivity (Wildman–Crippen MR) is 73.7 cm³/mol. The summed E-state index contributed by atoms with van der Waals surface area (Å²) in [5, 5.41) is 13.7. The van der Waals surface area contributed by atoms with Crippen molar-refractivity contribution in [2.45, 2.75) is 18.4 Å². The van der Waals surface area contributed by atoms with Crippen LogP contribution < -0.4 is 11.1 Å². The van der Waals surface area contributed by atoms with Crippen LogP contribution in [0.2, 0.25) is 5.02 Å². The number of halogens is 1. The molecule has 108 valence electrons. The Balaban J connectivity index is 2.21. The standard InChI is InChI=1S/C12H14ClN3O4/c13-8-1-2-9(10(7-8)16(18)19)15-11(17)12(14)3-5-20-6-4-12/h1-2,7H,3-6,14H2,(H,15,17). The van der Waals surface area contributed by atoms with E-state index in [-0.39, 0.29) is 16.4 Å². The van der Waals surface area contributed by atoms with Gasteiger partial charge in [-0.1, -0.05) is 11.6 Å². The topological polar surface area (TPSA) is 107 Å². The third-order valence-corrected chi connectivity index (χ3v) is 3.48. The lowest BCUT2D eigenvalue weighted by molar-refractivity contribution is -0.383. The molecule has 0 radical (unpaired) electrons. The van der Waals surface area contributed by atoms with Crippen molar-refractivity contribution >= 4 is 28.9 Å². The summed E-state index contributed by atoms with van der Waals surface area (Å²) < 4.78 is 5.16. The monoisotopic (exact) mass is 299 g/mol. The number of nitro benzene ring substituents is 1. The van der Waals surface area contributed by atoms with Crippen LogP contribution in [0.25, 0.3) is 0 Å². The third kappa shape index (κ3) is 3.06. The number of anilines is 1. The highest BCUT2D eigenvalue weighted by atomic mass is 35.5. The summed E-state index contributed by atoms with van der Waals surface area (Å²) in [6, 6.07) is 4.04. The molecular weight excluding hydrogens is 286 g/mol. The summed E-state index contributed by atoms with van der Waals surface area (Å²) in [6.07, 6.45) is 0.750. The fourth-order valence-electron chi connectivity index (χ4n) is 1.97. The maximum Gasteiger partial charge on any atom is 0.294 e. The van der Waals surface area contributed by atoms with Crippen molar-refractivity contribution in [1.29, 1.82) is 0 Å². The summed E-state index contributed by atoms with van der Waals surface area (Å²) in [4.78, 5) is 22.6. The third-order valence-electron chi connectivity index (χ3n) is 3.24. The molecule has 1 aliphatic heterocycles. The first-order valence-electron chi connectivity index (χ1n) is 6.04. The second kappa shape index (κ2) is 5.74. The highest BCUT2D eigenvalue weighted by molar-refractivity contribution is 6.31. The van der Waals surface area contributed by atoms with E-state index in [0.29, 0.717) is 26.1 Å². The van der Waals surface area contributed by atoms with E-state index in [1.54, 1.807) is 0 Å². The largest absolute Gasteiger partial charge is 0.381 e. The first kappa shape index (κ1) is 14.7. The van der Waals surface area contributed by atoms with Gasteiger partial charge in [0.2, 0.25) is 5.91 Å². The van der Waals surface area contributed by atoms with Gasteiger partial charge in [0.25, 0.3) is 5.69 Å². The van der Waals surface area contributed by atoms with Crippen LogP contribution in [0.15, 0.2) is 18.2 Å². The van der Waals surface area contributed by atoms with Gasteiger partial charge in [-0.05, 0) is 25.0 Å². The van der Waals surface area contributed by atoms with Crippen molar-refractivity contribution in [3.63, 3.8) is 0 Å². The number of carbonyl (C=O) groups is 1. The smallest absolute Gasteiger partial charge is 0.294 e. The van der Waals surface area contributed by atoms with Gasteiger partial charge in [-0.3, -0.25) is 14.9 Å². The number of ether oxygens (including phenoxy) is 1. The number of nitrogens with one attached hydrogen (secondary N) is 1. The molecule has 1 fully saturated rings. The molecule has 2 rings (SSSR count). The van der Waals surface area contributed by atoms with Gasteiger partial charge in [0.1, 0.15) is 11.2 Å². The molecule has 1 amide bonds. The number of benzene rings is 1. The number of nitro groups is 1. The second-order valence-electron chi connectivity index (χ2n) is 4.64. The van der Waals surface area contributed by atoms with E-state index in [2.05, 4.69) is 5.32 Å². The van der Waals surface area contributed by atoms with Crippen LogP contribution in [0.1, 0.15) is 12.8 Å². The molecule has 1 heterocycles. The highest BCUT2D eigenvalue weighted by Crippen LogP contribution is 2.29. The molecule has 0 spiro atoms. The Kier molecular flexibility index (Phi) is 4.22. The van der Waals surface area contributed by atoms with Crippen molar-refractivity contribution in [2.24, 2.45) is 5.73 Å². The van der Waals surface area contributed by atoms with Crippen LogP contribution in [0.3, 0.4) is 0 Å². The molecule has 8 heteroatoms. The number of hydrogen-bond donors (Lipinski definition) is 2. The Labute approximate surface area is 120 Å². The van der Waals surface area contributed by atoms with Gasteiger partial charge in [0, 0.05) is 24.3 Å². The molecule has 3 N–H and O–H groups in total. The van der Waals surface area contributed by atoms with Crippen LogP contribution in [0.5, 0.6) is 0 Å². The van der Waals surface area contributed by atoms with Gasteiger partial charge in [-0.15, -0.1) is 0 Å². The maximum atomic E-state index is 12.2. The Morgan fingerprint density at radius 3 is 2.70 bits per heavy atom. The van der Waals surface area contributed by atoms with E-state index in [1.165, 1.54) is 18.2 Å². The van der Waals surface area contributed by atoms with Crippen LogP contribution in [-0.4, -0.2) is 29.6 Å². The fourth-order valence-corrected chi connectivity index (χ4v) is 2.14. The molecule has 0 atom stereocenters. The number of nitrogens with two attached hydrogens (primary N) is 1. The molecule has 0 bridgehead atoms. The van der Waals surface area contributed by atoms with E-state index in [1.807, 2.05) is 0 Å². The van der Waals surface area contributed by atoms with E-state index < -0.39 is 16.4 Å². The predicted octanol–water partition coefficient (Wildman–Crippen LogP) is 1.69. The molecule has 1 aromatic carbocycles. The number of carbonyl (C=O) groups excluding carboxylic acids is 1. The Morgan fingerprint density at radius 2 is 2.10 bits per heavy atom. The van der Waals surface area contributed by atoms with Crippen molar-refractivity contribution in [1.82, 2.24) is 0 Å². The minimum Gasteiger partial charge on any atom is -0.381 e. The zero-order chi connectivity index (χ0) is 14.8. The van der Waals surface area contributed by atoms with E-state index >= 15 is 0 Å². The second-order valence-corrected chi connectivity index (χ2v) is 5.08.